The molecule has 1 rings (SSSR count). The van der Waals surface area contributed by atoms with E-state index in [1.165, 1.54) is 6.42 Å². The van der Waals surface area contributed by atoms with Gasteiger partial charge < -0.3 is 22.2 Å². The Balaban J connectivity index is 0.000000217. The molecule has 0 aliphatic carbocycles. The minimum Gasteiger partial charge on any atom is -0.418 e. The zero-order chi connectivity index (χ0) is 9.78. The van der Waals surface area contributed by atoms with E-state index in [-0.39, 0.29) is 0 Å². The highest BCUT2D eigenvalue weighted by molar-refractivity contribution is 6.50. The molecule has 1 aliphatic heterocycles. The summed E-state index contributed by atoms with van der Waals surface area (Å²) in [5, 5.41) is 7.18. The molecule has 2 nitrogen and oxygen atoms in total. The molecule has 0 saturated carbocycles. The van der Waals surface area contributed by atoms with Crippen molar-refractivity contribution in [3.05, 3.63) is 0 Å². The third kappa shape index (κ3) is 7.36. The predicted molar refractivity (Wildman–Crippen MR) is 39.8 cm³/mol. The first-order chi connectivity index (χ1) is 5.30. The molecule has 0 amide bonds. The second-order valence-corrected chi connectivity index (χ2v) is 2.47. The van der Waals surface area contributed by atoms with Crippen LogP contribution in [0, 0.1) is 5.41 Å². The smallest absolute Gasteiger partial charge is 0.418 e. The molecule has 0 aromatic carbocycles. The lowest BCUT2D eigenvalue weighted by Crippen LogP contribution is -2.17. The summed E-state index contributed by atoms with van der Waals surface area (Å²) < 4.78 is 39.0. The van der Waals surface area contributed by atoms with Crippen LogP contribution in [0.15, 0.2) is 0 Å². The molecule has 0 spiro atoms. The van der Waals surface area contributed by atoms with Gasteiger partial charge in [-0.3, -0.25) is 5.41 Å². The van der Waals surface area contributed by atoms with Gasteiger partial charge >= 0.3 is 7.25 Å². The van der Waals surface area contributed by atoms with Crippen LogP contribution in [0.5, 0.6) is 0 Å². The lowest BCUT2D eigenvalue weighted by atomic mass is 10.3. The molecule has 0 radical (unpaired) electrons. The van der Waals surface area contributed by atoms with Gasteiger partial charge in [-0.05, 0) is 6.42 Å². The Morgan fingerprint density at radius 3 is 1.83 bits per heavy atom. The summed E-state index contributed by atoms with van der Waals surface area (Å²) in [4.78, 5) is 1.99. The van der Waals surface area contributed by atoms with Gasteiger partial charge in [0, 0.05) is 20.0 Å². The molecular weight excluding hydrogens is 175 g/mol. The van der Waals surface area contributed by atoms with E-state index in [0.717, 1.165) is 18.8 Å². The van der Waals surface area contributed by atoms with Crippen molar-refractivity contribution in [2.45, 2.75) is 12.8 Å². The number of amidine groups is 1. The Kier molecular flexibility index (Phi) is 4.05. The van der Waals surface area contributed by atoms with Gasteiger partial charge in [0.2, 0.25) is 0 Å². The minimum absolute atomic E-state index is 0.792. The maximum absolute atomic E-state index is 9.75. The molecule has 0 atom stereocenters. The third-order valence-electron chi connectivity index (χ3n) is 1.37. The van der Waals surface area contributed by atoms with Crippen molar-refractivity contribution in [3.63, 3.8) is 0 Å². The Morgan fingerprint density at radius 2 is 1.75 bits per heavy atom. The zero-order valence-corrected chi connectivity index (χ0v) is 6.66. The molecular formula is C5H10BF4N2-. The number of rotatable bonds is 0. The summed E-state index contributed by atoms with van der Waals surface area (Å²) >= 11 is 0. The van der Waals surface area contributed by atoms with Crippen LogP contribution in [0.2, 0.25) is 0 Å². The van der Waals surface area contributed by atoms with Gasteiger partial charge in [0.1, 0.15) is 0 Å². The van der Waals surface area contributed by atoms with Gasteiger partial charge in [0.25, 0.3) is 0 Å². The Labute approximate surface area is 68.2 Å². The number of likely N-dealkylation sites (tertiary alicyclic amines) is 1. The number of nitrogens with one attached hydrogen (secondary N) is 1. The van der Waals surface area contributed by atoms with E-state index in [1.807, 2.05) is 11.9 Å². The molecule has 12 heavy (non-hydrogen) atoms. The van der Waals surface area contributed by atoms with Gasteiger partial charge in [-0.15, -0.1) is 0 Å². The van der Waals surface area contributed by atoms with Crippen LogP contribution in [0.3, 0.4) is 0 Å². The SMILES string of the molecule is CN1CCCC1=N.F[B-](F)(F)F. The van der Waals surface area contributed by atoms with Crippen molar-refractivity contribution in [2.75, 3.05) is 13.6 Å². The molecule has 1 saturated heterocycles. The fraction of sp³-hybridized carbons (Fsp3) is 0.800. The topological polar surface area (TPSA) is 27.1 Å². The van der Waals surface area contributed by atoms with E-state index >= 15 is 0 Å². The van der Waals surface area contributed by atoms with Crippen LogP contribution >= 0.6 is 0 Å². The number of halogens is 4. The molecule has 1 aliphatic rings. The van der Waals surface area contributed by atoms with Crippen molar-refractivity contribution >= 4 is 13.1 Å². The molecule has 0 unspecified atom stereocenters. The Morgan fingerprint density at radius 1 is 1.33 bits per heavy atom. The Bertz CT molecular complexity index is 152. The summed E-state index contributed by atoms with van der Waals surface area (Å²) in [6, 6.07) is 0. The van der Waals surface area contributed by atoms with Crippen LogP contribution < -0.4 is 0 Å². The number of nitrogens with zero attached hydrogens (tertiary/aromatic N) is 1. The standard InChI is InChI=1S/C5H10N2.BF4/c1-7-4-2-3-5(7)6;2-1(3,4)5/h6H,2-4H2,1H3;/q;-1. The fourth-order valence-corrected chi connectivity index (χ4v) is 0.809. The first kappa shape index (κ1) is 11.3. The van der Waals surface area contributed by atoms with Crippen LogP contribution in [0.25, 0.3) is 0 Å². The molecule has 1 fully saturated rings. The zero-order valence-electron chi connectivity index (χ0n) is 6.66. The second-order valence-electron chi connectivity index (χ2n) is 2.47. The van der Waals surface area contributed by atoms with Crippen LogP contribution in [-0.2, 0) is 0 Å². The van der Waals surface area contributed by atoms with Crippen molar-refractivity contribution in [3.8, 4) is 0 Å². The first-order valence-electron chi connectivity index (χ1n) is 3.46. The molecule has 1 N–H and O–H groups in total. The quantitative estimate of drug-likeness (QED) is 0.453. The fourth-order valence-electron chi connectivity index (χ4n) is 0.809. The first-order valence-corrected chi connectivity index (χ1v) is 3.46. The highest BCUT2D eigenvalue weighted by atomic mass is 19.5. The average molecular weight is 185 g/mol. The lowest BCUT2D eigenvalue weighted by Gasteiger charge is -2.06. The van der Waals surface area contributed by atoms with Gasteiger partial charge in [0.15, 0.2) is 0 Å². The minimum atomic E-state index is -6.00. The summed E-state index contributed by atoms with van der Waals surface area (Å²) in [5.41, 5.74) is 0. The maximum Gasteiger partial charge on any atom is 0.673 e. The van der Waals surface area contributed by atoms with Crippen LogP contribution in [-0.4, -0.2) is 31.6 Å². The monoisotopic (exact) mass is 185 g/mol. The summed E-state index contributed by atoms with van der Waals surface area (Å²) in [6.45, 7) is 1.08. The molecule has 1 heterocycles. The van der Waals surface area contributed by atoms with Gasteiger partial charge in [-0.1, -0.05) is 0 Å². The van der Waals surface area contributed by atoms with Crippen molar-refractivity contribution in [1.29, 1.82) is 5.41 Å². The number of hydrogen-bond acceptors (Lipinski definition) is 1. The summed E-state index contributed by atoms with van der Waals surface area (Å²) in [6.07, 6.45) is 2.16. The third-order valence-corrected chi connectivity index (χ3v) is 1.37. The van der Waals surface area contributed by atoms with Gasteiger partial charge in [-0.25, -0.2) is 0 Å². The van der Waals surface area contributed by atoms with Crippen molar-refractivity contribution < 1.29 is 17.3 Å². The molecule has 0 aromatic rings. The molecule has 72 valence electrons. The average Bonchev–Trinajstić information content (AvgIpc) is 2.12. The molecule has 7 heteroatoms. The maximum atomic E-state index is 9.75. The second kappa shape index (κ2) is 4.32. The van der Waals surface area contributed by atoms with Gasteiger partial charge in [0.05, 0.1) is 5.84 Å². The Hall–Kier alpha value is -0.745. The lowest BCUT2D eigenvalue weighted by molar-refractivity contribution is 0.368. The van der Waals surface area contributed by atoms with E-state index in [9.17, 15) is 17.3 Å². The normalized spacial score (nSPS) is 17.4. The van der Waals surface area contributed by atoms with Gasteiger partial charge in [-0.2, -0.15) is 0 Å². The van der Waals surface area contributed by atoms with Crippen LogP contribution in [0.4, 0.5) is 17.3 Å². The highest BCUT2D eigenvalue weighted by Crippen LogP contribution is 2.06. The highest BCUT2D eigenvalue weighted by Gasteiger charge is 2.20. The summed E-state index contributed by atoms with van der Waals surface area (Å²) in [7, 11) is -4.03. The van der Waals surface area contributed by atoms with E-state index in [1.54, 1.807) is 0 Å². The van der Waals surface area contributed by atoms with Crippen LogP contribution in [0.1, 0.15) is 12.8 Å². The molecule has 0 aromatic heterocycles. The van der Waals surface area contributed by atoms with E-state index < -0.39 is 7.25 Å². The van der Waals surface area contributed by atoms with Crippen molar-refractivity contribution in [2.24, 2.45) is 0 Å². The largest absolute Gasteiger partial charge is 0.673 e. The number of hydrogen-bond donors (Lipinski definition) is 1. The van der Waals surface area contributed by atoms with E-state index in [2.05, 4.69) is 0 Å². The van der Waals surface area contributed by atoms with E-state index in [0.29, 0.717) is 0 Å². The molecule has 0 bridgehead atoms. The summed E-state index contributed by atoms with van der Waals surface area (Å²) in [5.74, 6) is 0.792. The van der Waals surface area contributed by atoms with Crippen molar-refractivity contribution in [1.82, 2.24) is 4.90 Å². The predicted octanol–water partition coefficient (Wildman–Crippen LogP) is 1.99. The van der Waals surface area contributed by atoms with E-state index in [4.69, 9.17) is 5.41 Å².